The quantitative estimate of drug-likeness (QED) is 0.0205. The van der Waals surface area contributed by atoms with E-state index in [0.29, 0.717) is 17.5 Å². The van der Waals surface area contributed by atoms with E-state index in [-0.39, 0.29) is 84.3 Å². The summed E-state index contributed by atoms with van der Waals surface area (Å²) in [6.45, 7) is 10.6. The SMILES string of the molecule is CCCC(=O)CC([C]=O)(Cc1ccccc1)C(=O)CCC(NC(=O)[C@H](Cc1ccccc1)NC(=O)N1CCOCC1)(C(=O)CCCNC(=O)[C@H](Cc1ccccc1)NC(=O)OC(C)C)C(=O)CCCNC(=O)[C@H](Cc1ccccc1)NC(=O)OC(C)(C)C. The molecule has 7 amide bonds. The van der Waals surface area contributed by atoms with Crippen LogP contribution in [0, 0.1) is 5.41 Å². The maximum atomic E-state index is 15.6. The molecule has 4 aromatic carbocycles. The topological polar surface area (TPSA) is 291 Å². The van der Waals surface area contributed by atoms with Crippen molar-refractivity contribution in [2.24, 2.45) is 5.41 Å². The monoisotopic (exact) mass is 1210 g/mol. The molecule has 0 saturated carbocycles. The highest BCUT2D eigenvalue weighted by Crippen LogP contribution is 2.33. The van der Waals surface area contributed by atoms with Gasteiger partial charge < -0.3 is 51.0 Å². The number of urea groups is 1. The summed E-state index contributed by atoms with van der Waals surface area (Å²) < 4.78 is 16.2. The second kappa shape index (κ2) is 35.3. The maximum Gasteiger partial charge on any atom is 0.408 e. The Morgan fingerprint density at radius 1 is 0.568 bits per heavy atom. The minimum Gasteiger partial charge on any atom is -0.447 e. The van der Waals surface area contributed by atoms with Gasteiger partial charge in [0, 0.05) is 77.5 Å². The van der Waals surface area contributed by atoms with Gasteiger partial charge in [-0.2, -0.15) is 0 Å². The van der Waals surface area contributed by atoms with Gasteiger partial charge in [0.1, 0.15) is 40.7 Å². The number of nitrogens with one attached hydrogen (secondary N) is 6. The fourth-order valence-corrected chi connectivity index (χ4v) is 10.1. The first kappa shape index (κ1) is 70.2. The van der Waals surface area contributed by atoms with Gasteiger partial charge in [0.25, 0.3) is 0 Å². The van der Waals surface area contributed by atoms with Crippen LogP contribution in [-0.4, -0.2) is 145 Å². The van der Waals surface area contributed by atoms with Gasteiger partial charge in [-0.15, -0.1) is 0 Å². The van der Waals surface area contributed by atoms with Crippen molar-refractivity contribution in [2.45, 2.75) is 160 Å². The van der Waals surface area contributed by atoms with E-state index in [1.807, 2.05) is 6.29 Å². The summed E-state index contributed by atoms with van der Waals surface area (Å²) in [6.07, 6.45) is -3.33. The van der Waals surface area contributed by atoms with Crippen LogP contribution in [0.2, 0.25) is 0 Å². The number of rotatable bonds is 35. The number of amides is 7. The molecule has 5 atom stereocenters. The van der Waals surface area contributed by atoms with Crippen LogP contribution in [0.5, 0.6) is 0 Å². The van der Waals surface area contributed by atoms with Crippen LogP contribution >= 0.6 is 0 Å². The van der Waals surface area contributed by atoms with Crippen molar-refractivity contribution >= 4 is 65.4 Å². The van der Waals surface area contributed by atoms with Crippen molar-refractivity contribution in [1.29, 1.82) is 0 Å². The van der Waals surface area contributed by atoms with Gasteiger partial charge in [0.2, 0.25) is 24.0 Å². The number of morpholine rings is 1. The van der Waals surface area contributed by atoms with E-state index in [1.54, 1.807) is 163 Å². The Balaban J connectivity index is 1.55. The number of nitrogens with zero attached hydrogens (tertiary/aromatic N) is 1. The second-order valence-electron chi connectivity index (χ2n) is 23.3. The molecular formula is C67H86N7O14. The van der Waals surface area contributed by atoms with Crippen LogP contribution in [-0.2, 0) is 78.3 Å². The summed E-state index contributed by atoms with van der Waals surface area (Å²) >= 11 is 0. The predicted octanol–water partition coefficient (Wildman–Crippen LogP) is 6.75. The molecule has 1 heterocycles. The van der Waals surface area contributed by atoms with Gasteiger partial charge in [-0.3, -0.25) is 38.4 Å². The van der Waals surface area contributed by atoms with Crippen molar-refractivity contribution in [3.8, 4) is 0 Å². The lowest BCUT2D eigenvalue weighted by Crippen LogP contribution is -2.64. The number of benzene rings is 4. The first-order chi connectivity index (χ1) is 42.0. The molecule has 1 radical (unpaired) electrons. The Morgan fingerprint density at radius 3 is 1.44 bits per heavy atom. The third-order valence-electron chi connectivity index (χ3n) is 14.6. The number of alkyl carbamates (subject to hydrolysis) is 2. The highest BCUT2D eigenvalue weighted by molar-refractivity contribution is 6.15. The summed E-state index contributed by atoms with van der Waals surface area (Å²) in [5.41, 5.74) is -2.99. The van der Waals surface area contributed by atoms with E-state index in [1.165, 1.54) is 4.90 Å². The lowest BCUT2D eigenvalue weighted by molar-refractivity contribution is -0.143. The van der Waals surface area contributed by atoms with E-state index in [4.69, 9.17) is 14.2 Å². The first-order valence-electron chi connectivity index (χ1n) is 30.2. The number of carbonyl (C=O) groups excluding carboxylic acids is 11. The number of ketones is 4. The normalized spacial score (nSPS) is 14.6. The fraction of sp³-hybridized carbons (Fsp3) is 0.478. The van der Waals surface area contributed by atoms with E-state index >= 15 is 19.2 Å². The summed E-state index contributed by atoms with van der Waals surface area (Å²) in [5.74, 6) is -5.24. The number of ether oxygens (including phenoxy) is 3. The molecule has 1 fully saturated rings. The zero-order chi connectivity index (χ0) is 64.1. The molecule has 0 aliphatic carbocycles. The van der Waals surface area contributed by atoms with Crippen molar-refractivity contribution in [3.63, 3.8) is 0 Å². The first-order valence-corrected chi connectivity index (χ1v) is 30.2. The molecule has 4 aromatic rings. The molecule has 1 aliphatic rings. The molecule has 1 aliphatic heterocycles. The van der Waals surface area contributed by atoms with Crippen molar-refractivity contribution in [1.82, 2.24) is 36.8 Å². The summed E-state index contributed by atoms with van der Waals surface area (Å²) in [7, 11) is 0. The molecule has 473 valence electrons. The second-order valence-corrected chi connectivity index (χ2v) is 23.3. The predicted molar refractivity (Wildman–Crippen MR) is 329 cm³/mol. The number of hydrogen-bond donors (Lipinski definition) is 6. The van der Waals surface area contributed by atoms with Gasteiger partial charge >= 0.3 is 18.2 Å². The molecule has 88 heavy (non-hydrogen) atoms. The molecule has 0 aromatic heterocycles. The summed E-state index contributed by atoms with van der Waals surface area (Å²) in [5, 5.41) is 16.3. The molecule has 21 nitrogen and oxygen atoms in total. The molecular weight excluding hydrogens is 1130 g/mol. The molecule has 21 heteroatoms. The maximum absolute atomic E-state index is 15.6. The van der Waals surface area contributed by atoms with E-state index in [0.717, 1.165) is 11.1 Å². The van der Waals surface area contributed by atoms with Crippen LogP contribution in [0.3, 0.4) is 0 Å². The van der Waals surface area contributed by atoms with Gasteiger partial charge in [-0.25, -0.2) is 14.4 Å². The highest BCUT2D eigenvalue weighted by atomic mass is 16.6. The van der Waals surface area contributed by atoms with Crippen molar-refractivity contribution < 1.29 is 67.0 Å². The average molecular weight is 1210 g/mol. The molecule has 5 rings (SSSR count). The Kier molecular flexibility index (Phi) is 28.1. The lowest BCUT2D eigenvalue weighted by Gasteiger charge is -2.35. The summed E-state index contributed by atoms with van der Waals surface area (Å²) in [4.78, 5) is 158. The zero-order valence-corrected chi connectivity index (χ0v) is 51.5. The molecule has 1 saturated heterocycles. The summed E-state index contributed by atoms with van der Waals surface area (Å²) in [6, 6.07) is 30.8. The van der Waals surface area contributed by atoms with Crippen LogP contribution in [0.15, 0.2) is 121 Å². The smallest absolute Gasteiger partial charge is 0.408 e. The highest BCUT2D eigenvalue weighted by Gasteiger charge is 2.49. The number of hydrogen-bond acceptors (Lipinski definition) is 14. The minimum absolute atomic E-state index is 0.0453. The molecule has 2 unspecified atom stereocenters. The van der Waals surface area contributed by atoms with Gasteiger partial charge in [-0.1, -0.05) is 128 Å². The van der Waals surface area contributed by atoms with Gasteiger partial charge in [0.05, 0.1) is 19.3 Å². The van der Waals surface area contributed by atoms with Gasteiger partial charge in [0.15, 0.2) is 17.1 Å². The Bertz CT molecular complexity index is 2950. The van der Waals surface area contributed by atoms with Crippen LogP contribution in [0.4, 0.5) is 14.4 Å². The largest absolute Gasteiger partial charge is 0.447 e. The van der Waals surface area contributed by atoms with Crippen LogP contribution < -0.4 is 31.9 Å². The van der Waals surface area contributed by atoms with E-state index in [9.17, 15) is 33.6 Å². The Labute approximate surface area is 515 Å². The van der Waals surface area contributed by atoms with Crippen molar-refractivity contribution in [3.05, 3.63) is 144 Å². The van der Waals surface area contributed by atoms with Crippen LogP contribution in [0.25, 0.3) is 0 Å². The minimum atomic E-state index is -2.60. The van der Waals surface area contributed by atoms with E-state index < -0.39 is 132 Å². The Morgan fingerprint density at radius 2 is 1.01 bits per heavy atom. The zero-order valence-electron chi connectivity index (χ0n) is 51.5. The van der Waals surface area contributed by atoms with E-state index in [2.05, 4.69) is 31.9 Å². The standard InChI is InChI=1S/C67H86N7O14/c1-7-22-52(76)45-66(46-75,44-51-29-18-11-19-30-51)56(77)33-34-67(73-61(82)55(43-50-27-16-10-17-28-50)70-62(83)74-37-39-86-40-38-74,57(78)31-20-35-68-59(80)53(71-63(84)87-47(2)3)41-48-23-12-8-13-24-48)58(79)32-21-36-69-60(81)54(42-49-25-14-9-15-26-49)72-64(85)88-65(4,5)6/h8-19,23-30,47,53-55H,7,20-22,31-45H2,1-6H3,(H,68,80)(H,69,81)(H,70,83)(H,71,84)(H,72,85)(H,73,82)/t53-,54-,55-,66?,67?/m0/s1. The third-order valence-corrected chi connectivity index (χ3v) is 14.6. The number of carbonyl (C=O) groups is 10. The molecule has 0 bridgehead atoms. The average Bonchev–Trinajstić information content (AvgIpc) is 1.12. The van der Waals surface area contributed by atoms with Crippen LogP contribution in [0.1, 0.15) is 122 Å². The van der Waals surface area contributed by atoms with Crippen molar-refractivity contribution in [2.75, 3.05) is 39.4 Å². The Hall–Kier alpha value is -8.59. The van der Waals surface area contributed by atoms with Gasteiger partial charge in [-0.05, 0) is 89.0 Å². The third kappa shape index (κ3) is 23.3. The lowest BCUT2D eigenvalue weighted by atomic mass is 9.71. The molecule has 6 N–H and O–H groups in total. The number of Topliss-reactive ketones (excluding diaryl/α,β-unsaturated/α-hetero) is 4. The molecule has 0 spiro atoms. The fourth-order valence-electron chi connectivity index (χ4n) is 10.1.